The Kier molecular flexibility index (Phi) is 5.13. The van der Waals surface area contributed by atoms with Gasteiger partial charge in [-0.25, -0.2) is 0 Å². The van der Waals surface area contributed by atoms with Crippen LogP contribution in [0.4, 0.5) is 5.69 Å². The first-order chi connectivity index (χ1) is 8.65. The molecule has 1 atom stereocenters. The fraction of sp³-hybridized carbons (Fsp3) is 0.538. The first-order valence-corrected chi connectivity index (χ1v) is 6.85. The molecule has 1 aromatic rings. The molecule has 100 valence electrons. The lowest BCUT2D eigenvalue weighted by molar-refractivity contribution is 0.0386. The number of hydrogen-bond acceptors (Lipinski definition) is 3. The Morgan fingerprint density at radius 1 is 1.33 bits per heavy atom. The molecule has 0 amide bonds. The minimum atomic E-state index is -0.516. The zero-order chi connectivity index (χ0) is 13.0. The average molecular weight is 290 g/mol. The van der Waals surface area contributed by atoms with Crippen molar-refractivity contribution >= 4 is 28.9 Å². The van der Waals surface area contributed by atoms with Gasteiger partial charge in [0, 0.05) is 18.8 Å². The van der Waals surface area contributed by atoms with Crippen molar-refractivity contribution in [2.45, 2.75) is 18.9 Å². The summed E-state index contributed by atoms with van der Waals surface area (Å²) in [5.74, 6) is 0.722. The van der Waals surface area contributed by atoms with Gasteiger partial charge in [-0.2, -0.15) is 0 Å². The summed E-state index contributed by atoms with van der Waals surface area (Å²) in [6.07, 6.45) is 2.01. The maximum Gasteiger partial charge on any atom is 0.0945 e. The van der Waals surface area contributed by atoms with Crippen LogP contribution in [-0.4, -0.2) is 31.0 Å². The normalized spacial score (nSPS) is 16.6. The van der Waals surface area contributed by atoms with Crippen LogP contribution in [0.25, 0.3) is 0 Å². The van der Waals surface area contributed by atoms with E-state index in [1.54, 1.807) is 12.1 Å². The summed E-state index contributed by atoms with van der Waals surface area (Å²) in [5.41, 5.74) is 0.839. The van der Waals surface area contributed by atoms with Crippen molar-refractivity contribution in [2.24, 2.45) is 5.92 Å². The summed E-state index contributed by atoms with van der Waals surface area (Å²) in [6, 6.07) is 5.29. The summed E-state index contributed by atoms with van der Waals surface area (Å²) < 4.78 is 5.41. The molecule has 1 aliphatic rings. The van der Waals surface area contributed by atoms with Crippen molar-refractivity contribution in [3.8, 4) is 0 Å². The monoisotopic (exact) mass is 289 g/mol. The molecule has 1 unspecified atom stereocenters. The standard InChI is InChI=1S/C13H17Cl2NO2/c14-12-4-3-10(5-13(12)15)16-6-11(17)8-18-7-9-1-2-9/h3-5,9,11,16-17H,1-2,6-8H2. The molecule has 2 N–H and O–H groups in total. The zero-order valence-electron chi connectivity index (χ0n) is 10.0. The summed E-state index contributed by atoms with van der Waals surface area (Å²) >= 11 is 11.7. The fourth-order valence-electron chi connectivity index (χ4n) is 1.56. The number of aliphatic hydroxyl groups excluding tert-OH is 1. The van der Waals surface area contributed by atoms with Gasteiger partial charge < -0.3 is 15.2 Å². The molecular weight excluding hydrogens is 273 g/mol. The first kappa shape index (κ1) is 13.9. The van der Waals surface area contributed by atoms with E-state index < -0.39 is 6.10 Å². The van der Waals surface area contributed by atoms with Crippen LogP contribution in [0.2, 0.25) is 10.0 Å². The van der Waals surface area contributed by atoms with E-state index in [0.29, 0.717) is 23.2 Å². The van der Waals surface area contributed by atoms with Crippen LogP contribution in [-0.2, 0) is 4.74 Å². The summed E-state index contributed by atoms with van der Waals surface area (Å²) in [4.78, 5) is 0. The summed E-state index contributed by atoms with van der Waals surface area (Å²) in [7, 11) is 0. The maximum atomic E-state index is 9.72. The van der Waals surface area contributed by atoms with Gasteiger partial charge in [-0.1, -0.05) is 23.2 Å². The van der Waals surface area contributed by atoms with Crippen molar-refractivity contribution in [2.75, 3.05) is 25.1 Å². The number of rotatable bonds is 7. The van der Waals surface area contributed by atoms with Gasteiger partial charge in [0.2, 0.25) is 0 Å². The molecular formula is C13H17Cl2NO2. The van der Waals surface area contributed by atoms with Gasteiger partial charge in [0.1, 0.15) is 0 Å². The number of nitrogens with one attached hydrogen (secondary N) is 1. The quantitative estimate of drug-likeness (QED) is 0.810. The molecule has 5 heteroatoms. The maximum absolute atomic E-state index is 9.72. The third-order valence-electron chi connectivity index (χ3n) is 2.82. The molecule has 1 saturated carbocycles. The second kappa shape index (κ2) is 6.62. The molecule has 0 aliphatic heterocycles. The predicted molar refractivity (Wildman–Crippen MR) is 74.5 cm³/mol. The Labute approximate surface area is 117 Å². The lowest BCUT2D eigenvalue weighted by atomic mass is 10.3. The summed E-state index contributed by atoms with van der Waals surface area (Å²) in [6.45, 7) is 1.57. The van der Waals surface area contributed by atoms with E-state index in [0.717, 1.165) is 18.2 Å². The van der Waals surface area contributed by atoms with Crippen molar-refractivity contribution in [3.05, 3.63) is 28.2 Å². The molecule has 0 saturated heterocycles. The van der Waals surface area contributed by atoms with Crippen molar-refractivity contribution in [3.63, 3.8) is 0 Å². The Hall–Kier alpha value is -0.480. The molecule has 0 heterocycles. The molecule has 1 aromatic carbocycles. The number of anilines is 1. The van der Waals surface area contributed by atoms with Gasteiger partial charge in [-0.15, -0.1) is 0 Å². The van der Waals surface area contributed by atoms with Crippen LogP contribution >= 0.6 is 23.2 Å². The SMILES string of the molecule is OC(CNc1ccc(Cl)c(Cl)c1)COCC1CC1. The number of benzene rings is 1. The fourth-order valence-corrected chi connectivity index (χ4v) is 1.85. The van der Waals surface area contributed by atoms with Crippen LogP contribution < -0.4 is 5.32 Å². The minimum absolute atomic E-state index is 0.366. The molecule has 0 radical (unpaired) electrons. The average Bonchev–Trinajstić information content (AvgIpc) is 3.15. The van der Waals surface area contributed by atoms with E-state index in [2.05, 4.69) is 5.32 Å². The van der Waals surface area contributed by atoms with Crippen molar-refractivity contribution in [1.29, 1.82) is 0 Å². The molecule has 2 rings (SSSR count). The third kappa shape index (κ3) is 4.65. The molecule has 1 aliphatic carbocycles. The van der Waals surface area contributed by atoms with E-state index in [9.17, 15) is 5.11 Å². The van der Waals surface area contributed by atoms with Crippen LogP contribution in [0.3, 0.4) is 0 Å². The predicted octanol–water partition coefficient (Wildman–Crippen LogP) is 3.19. The molecule has 0 aromatic heterocycles. The van der Waals surface area contributed by atoms with E-state index in [1.807, 2.05) is 6.07 Å². The lowest BCUT2D eigenvalue weighted by Crippen LogP contribution is -2.25. The number of halogens is 2. The smallest absolute Gasteiger partial charge is 0.0945 e. The van der Waals surface area contributed by atoms with Gasteiger partial charge in [0.25, 0.3) is 0 Å². The lowest BCUT2D eigenvalue weighted by Gasteiger charge is -2.13. The Bertz CT molecular complexity index is 397. The topological polar surface area (TPSA) is 41.5 Å². The minimum Gasteiger partial charge on any atom is -0.389 e. The van der Waals surface area contributed by atoms with Gasteiger partial charge in [-0.05, 0) is 37.0 Å². The van der Waals surface area contributed by atoms with Gasteiger partial charge in [0.05, 0.1) is 22.8 Å². The van der Waals surface area contributed by atoms with Gasteiger partial charge >= 0.3 is 0 Å². The molecule has 3 nitrogen and oxygen atoms in total. The number of hydrogen-bond donors (Lipinski definition) is 2. The first-order valence-electron chi connectivity index (χ1n) is 6.10. The Morgan fingerprint density at radius 2 is 2.11 bits per heavy atom. The van der Waals surface area contributed by atoms with Crippen molar-refractivity contribution in [1.82, 2.24) is 0 Å². The molecule has 0 spiro atoms. The van der Waals surface area contributed by atoms with E-state index >= 15 is 0 Å². The van der Waals surface area contributed by atoms with Crippen LogP contribution in [0, 0.1) is 5.92 Å². The number of ether oxygens (including phenoxy) is 1. The Morgan fingerprint density at radius 3 is 2.78 bits per heavy atom. The van der Waals surface area contributed by atoms with Crippen LogP contribution in [0.15, 0.2) is 18.2 Å². The van der Waals surface area contributed by atoms with E-state index in [4.69, 9.17) is 27.9 Å². The molecule has 0 bridgehead atoms. The van der Waals surface area contributed by atoms with Gasteiger partial charge in [-0.3, -0.25) is 0 Å². The largest absolute Gasteiger partial charge is 0.389 e. The van der Waals surface area contributed by atoms with Crippen LogP contribution in [0.5, 0.6) is 0 Å². The molecule has 1 fully saturated rings. The Balaban J connectivity index is 1.67. The third-order valence-corrected chi connectivity index (χ3v) is 3.56. The second-order valence-corrected chi connectivity index (χ2v) is 5.46. The van der Waals surface area contributed by atoms with Crippen LogP contribution in [0.1, 0.15) is 12.8 Å². The second-order valence-electron chi connectivity index (χ2n) is 4.64. The highest BCUT2D eigenvalue weighted by molar-refractivity contribution is 6.42. The van der Waals surface area contributed by atoms with Crippen molar-refractivity contribution < 1.29 is 9.84 Å². The molecule has 18 heavy (non-hydrogen) atoms. The number of aliphatic hydroxyl groups is 1. The highest BCUT2D eigenvalue weighted by Crippen LogP contribution is 2.28. The van der Waals surface area contributed by atoms with E-state index in [1.165, 1.54) is 12.8 Å². The van der Waals surface area contributed by atoms with Gasteiger partial charge in [0.15, 0.2) is 0 Å². The highest BCUT2D eigenvalue weighted by Gasteiger charge is 2.21. The summed E-state index contributed by atoms with van der Waals surface area (Å²) in [5, 5.41) is 13.8. The van der Waals surface area contributed by atoms with E-state index in [-0.39, 0.29) is 0 Å². The highest BCUT2D eigenvalue weighted by atomic mass is 35.5. The zero-order valence-corrected chi connectivity index (χ0v) is 11.5.